The molecule has 0 amide bonds. The van der Waals surface area contributed by atoms with Crippen LogP contribution in [0.25, 0.3) is 0 Å². The van der Waals surface area contributed by atoms with Crippen LogP contribution >= 0.6 is 11.6 Å². The third kappa shape index (κ3) is 3.69. The van der Waals surface area contributed by atoms with E-state index in [9.17, 15) is 9.18 Å². The molecule has 0 radical (unpaired) electrons. The number of halogens is 2. The Morgan fingerprint density at radius 1 is 1.04 bits per heavy atom. The summed E-state index contributed by atoms with van der Waals surface area (Å²) < 4.78 is 13.1. The highest BCUT2D eigenvalue weighted by molar-refractivity contribution is 6.30. The van der Waals surface area contributed by atoms with Crippen molar-refractivity contribution >= 4 is 29.0 Å². The van der Waals surface area contributed by atoms with E-state index < -0.39 is 0 Å². The number of aromatic nitrogens is 2. The Morgan fingerprint density at radius 3 is 2.44 bits per heavy atom. The summed E-state index contributed by atoms with van der Waals surface area (Å²) in [6.07, 6.45) is 1.09. The summed E-state index contributed by atoms with van der Waals surface area (Å²) in [6, 6.07) is 13.6. The summed E-state index contributed by atoms with van der Waals surface area (Å²) in [6.45, 7) is 1.82. The maximum absolute atomic E-state index is 13.1. The van der Waals surface area contributed by atoms with E-state index in [-0.39, 0.29) is 17.5 Å². The number of nitrogens with one attached hydrogen (secondary N) is 1. The molecule has 1 aliphatic carbocycles. The Hall–Kier alpha value is -2.79. The quantitative estimate of drug-likeness (QED) is 0.674. The second-order valence-electron chi connectivity index (χ2n) is 6.67. The number of ketones is 1. The Balaban J connectivity index is 1.65. The van der Waals surface area contributed by atoms with Gasteiger partial charge in [-0.25, -0.2) is 14.4 Å². The second kappa shape index (κ2) is 7.08. The van der Waals surface area contributed by atoms with Crippen LogP contribution in [0.2, 0.25) is 5.02 Å². The van der Waals surface area contributed by atoms with Crippen molar-refractivity contribution < 1.29 is 9.18 Å². The van der Waals surface area contributed by atoms with Crippen molar-refractivity contribution in [2.45, 2.75) is 25.7 Å². The minimum Gasteiger partial charge on any atom is -0.324 e. The van der Waals surface area contributed by atoms with E-state index in [1.165, 1.54) is 12.1 Å². The van der Waals surface area contributed by atoms with Crippen molar-refractivity contribution in [1.29, 1.82) is 0 Å². The Labute approximate surface area is 161 Å². The van der Waals surface area contributed by atoms with Gasteiger partial charge in [-0.3, -0.25) is 4.79 Å². The summed E-state index contributed by atoms with van der Waals surface area (Å²) in [5.41, 5.74) is 3.77. The molecule has 2 aromatic carbocycles. The summed E-state index contributed by atoms with van der Waals surface area (Å²) in [5, 5.41) is 3.75. The molecule has 0 saturated heterocycles. The summed E-state index contributed by atoms with van der Waals surface area (Å²) in [5.74, 6) is 0.221. The molecule has 1 aromatic heterocycles. The monoisotopic (exact) mass is 381 g/mol. The van der Waals surface area contributed by atoms with Crippen LogP contribution in [0.4, 0.5) is 16.0 Å². The molecule has 4 rings (SSSR count). The first-order valence-corrected chi connectivity index (χ1v) is 9.06. The van der Waals surface area contributed by atoms with Crippen LogP contribution in [-0.4, -0.2) is 15.8 Å². The molecule has 0 fully saturated rings. The number of Topliss-reactive ketones (excluding diaryl/α,β-unsaturated/α-hetero) is 1. The molecule has 1 aliphatic rings. The van der Waals surface area contributed by atoms with Gasteiger partial charge in [0.2, 0.25) is 5.95 Å². The zero-order chi connectivity index (χ0) is 19.0. The molecule has 6 heteroatoms. The molecule has 0 bridgehead atoms. The maximum Gasteiger partial charge on any atom is 0.227 e. The van der Waals surface area contributed by atoms with Crippen molar-refractivity contribution in [3.63, 3.8) is 0 Å². The highest BCUT2D eigenvalue weighted by atomic mass is 35.5. The molecule has 0 saturated carbocycles. The fourth-order valence-corrected chi connectivity index (χ4v) is 3.59. The molecule has 0 aliphatic heterocycles. The Bertz CT molecular complexity index is 1000. The van der Waals surface area contributed by atoms with Gasteiger partial charge in [0, 0.05) is 17.1 Å². The zero-order valence-electron chi connectivity index (χ0n) is 14.7. The normalized spacial score (nSPS) is 16.1. The van der Waals surface area contributed by atoms with E-state index in [1.807, 2.05) is 31.2 Å². The van der Waals surface area contributed by atoms with Crippen LogP contribution in [0.1, 0.15) is 39.6 Å². The number of benzene rings is 2. The number of anilines is 2. The van der Waals surface area contributed by atoms with Crippen molar-refractivity contribution in [1.82, 2.24) is 9.97 Å². The number of nitrogens with zero attached hydrogens (tertiary/aromatic N) is 2. The van der Waals surface area contributed by atoms with Crippen LogP contribution in [0.3, 0.4) is 0 Å². The van der Waals surface area contributed by atoms with Gasteiger partial charge in [-0.15, -0.1) is 0 Å². The molecule has 27 heavy (non-hydrogen) atoms. The number of carbonyl (C=O) groups excluding carboxylic acids is 1. The smallest absolute Gasteiger partial charge is 0.227 e. The van der Waals surface area contributed by atoms with Gasteiger partial charge < -0.3 is 5.32 Å². The van der Waals surface area contributed by atoms with Crippen LogP contribution in [-0.2, 0) is 6.42 Å². The number of aryl methyl sites for hydroxylation is 1. The van der Waals surface area contributed by atoms with Crippen molar-refractivity contribution in [3.05, 3.63) is 81.9 Å². The first-order valence-electron chi connectivity index (χ1n) is 8.68. The Kier molecular flexibility index (Phi) is 4.62. The van der Waals surface area contributed by atoms with Crippen molar-refractivity contribution in [2.24, 2.45) is 0 Å². The predicted octanol–water partition coefficient (Wildman–Crippen LogP) is 5.23. The van der Waals surface area contributed by atoms with Gasteiger partial charge in [-0.2, -0.15) is 0 Å². The van der Waals surface area contributed by atoms with Gasteiger partial charge in [0.25, 0.3) is 0 Å². The highest BCUT2D eigenvalue weighted by Gasteiger charge is 2.29. The number of fused-ring (bicyclic) bond motifs is 1. The lowest BCUT2D eigenvalue weighted by atomic mass is 9.81. The number of hydrogen-bond acceptors (Lipinski definition) is 4. The summed E-state index contributed by atoms with van der Waals surface area (Å²) in [4.78, 5) is 21.7. The number of rotatable bonds is 3. The molecule has 1 N–H and O–H groups in total. The second-order valence-corrected chi connectivity index (χ2v) is 7.10. The fraction of sp³-hybridized carbons (Fsp3) is 0.190. The van der Waals surface area contributed by atoms with Gasteiger partial charge >= 0.3 is 0 Å². The van der Waals surface area contributed by atoms with Gasteiger partial charge in [-0.05, 0) is 61.2 Å². The highest BCUT2D eigenvalue weighted by Crippen LogP contribution is 2.34. The molecule has 136 valence electrons. The molecular weight excluding hydrogens is 365 g/mol. The minimum absolute atomic E-state index is 0.0574. The van der Waals surface area contributed by atoms with Gasteiger partial charge in [-0.1, -0.05) is 23.7 Å². The lowest BCUT2D eigenvalue weighted by Crippen LogP contribution is -2.22. The maximum atomic E-state index is 13.1. The molecule has 1 atom stereocenters. The lowest BCUT2D eigenvalue weighted by molar-refractivity contribution is 0.0962. The minimum atomic E-state index is -0.306. The van der Waals surface area contributed by atoms with E-state index in [0.29, 0.717) is 40.8 Å². The third-order valence-corrected chi connectivity index (χ3v) is 5.01. The fourth-order valence-electron chi connectivity index (χ4n) is 3.46. The SMILES string of the molecule is Cc1nc(Nc2ccc(F)cc2)nc2c1C(=O)C[C@H](c1ccc(Cl)cc1)C2. The van der Waals surface area contributed by atoms with E-state index >= 15 is 0 Å². The van der Waals surface area contributed by atoms with Crippen molar-refractivity contribution in [3.8, 4) is 0 Å². The number of carbonyl (C=O) groups is 1. The average Bonchev–Trinajstić information content (AvgIpc) is 2.63. The molecule has 4 nitrogen and oxygen atoms in total. The summed E-state index contributed by atoms with van der Waals surface area (Å²) >= 11 is 5.97. The first-order chi connectivity index (χ1) is 13.0. The number of hydrogen-bond donors (Lipinski definition) is 1. The predicted molar refractivity (Wildman–Crippen MR) is 103 cm³/mol. The van der Waals surface area contributed by atoms with Gasteiger partial charge in [0.1, 0.15) is 5.82 Å². The van der Waals surface area contributed by atoms with E-state index in [1.54, 1.807) is 12.1 Å². The average molecular weight is 382 g/mol. The molecule has 1 heterocycles. The van der Waals surface area contributed by atoms with E-state index in [4.69, 9.17) is 11.6 Å². The Morgan fingerprint density at radius 2 is 1.74 bits per heavy atom. The molecule has 3 aromatic rings. The first kappa shape index (κ1) is 17.6. The third-order valence-electron chi connectivity index (χ3n) is 4.76. The van der Waals surface area contributed by atoms with Crippen LogP contribution in [0, 0.1) is 12.7 Å². The van der Waals surface area contributed by atoms with Crippen LogP contribution in [0.15, 0.2) is 48.5 Å². The van der Waals surface area contributed by atoms with E-state index in [0.717, 1.165) is 11.3 Å². The van der Waals surface area contributed by atoms with Gasteiger partial charge in [0.05, 0.1) is 17.0 Å². The zero-order valence-corrected chi connectivity index (χ0v) is 15.4. The van der Waals surface area contributed by atoms with Crippen molar-refractivity contribution in [2.75, 3.05) is 5.32 Å². The van der Waals surface area contributed by atoms with Gasteiger partial charge in [0.15, 0.2) is 5.78 Å². The summed E-state index contributed by atoms with van der Waals surface area (Å²) in [7, 11) is 0. The topological polar surface area (TPSA) is 54.9 Å². The van der Waals surface area contributed by atoms with E-state index in [2.05, 4.69) is 15.3 Å². The molecule has 0 spiro atoms. The van der Waals surface area contributed by atoms with Crippen LogP contribution < -0.4 is 5.32 Å². The van der Waals surface area contributed by atoms with Crippen LogP contribution in [0.5, 0.6) is 0 Å². The largest absolute Gasteiger partial charge is 0.324 e. The standard InChI is InChI=1S/C21H17ClFN3O/c1-12-20-18(26-21(24-12)25-17-8-6-16(23)7-9-17)10-14(11-19(20)27)13-2-4-15(22)5-3-13/h2-9,14H,10-11H2,1H3,(H,24,25,26)/t14-/m1/s1. The lowest BCUT2D eigenvalue weighted by Gasteiger charge is -2.24. The molecule has 0 unspecified atom stereocenters. The molecular formula is C21H17ClFN3O.